The summed E-state index contributed by atoms with van der Waals surface area (Å²) in [4.78, 5) is 2.26. The highest BCUT2D eigenvalue weighted by atomic mass is 79.9. The summed E-state index contributed by atoms with van der Waals surface area (Å²) in [5.74, 6) is 1.78. The minimum absolute atomic E-state index is 0.841. The summed E-state index contributed by atoms with van der Waals surface area (Å²) in [6, 6.07) is 14.3. The van der Waals surface area contributed by atoms with E-state index in [1.165, 1.54) is 11.1 Å². The fourth-order valence-corrected chi connectivity index (χ4v) is 2.89. The van der Waals surface area contributed by atoms with Crippen molar-refractivity contribution in [3.63, 3.8) is 0 Å². The summed E-state index contributed by atoms with van der Waals surface area (Å²) in [7, 11) is 5.48. The summed E-state index contributed by atoms with van der Waals surface area (Å²) in [6.45, 7) is 1.70. The quantitative estimate of drug-likeness (QED) is 0.783. The first-order valence-electron chi connectivity index (χ1n) is 6.77. The van der Waals surface area contributed by atoms with E-state index in [4.69, 9.17) is 9.47 Å². The molecule has 21 heavy (non-hydrogen) atoms. The van der Waals surface area contributed by atoms with Crippen LogP contribution in [0.4, 0.5) is 0 Å². The van der Waals surface area contributed by atoms with Crippen molar-refractivity contribution in [1.82, 2.24) is 4.90 Å². The molecule has 0 aliphatic carbocycles. The van der Waals surface area contributed by atoms with Gasteiger partial charge in [0, 0.05) is 18.7 Å². The number of hydrogen-bond donors (Lipinski definition) is 0. The normalized spacial score (nSPS) is 10.7. The van der Waals surface area contributed by atoms with Crippen molar-refractivity contribution >= 4 is 15.9 Å². The van der Waals surface area contributed by atoms with Crippen LogP contribution in [0.5, 0.6) is 11.5 Å². The molecule has 0 amide bonds. The Morgan fingerprint density at radius 2 is 1.67 bits per heavy atom. The lowest BCUT2D eigenvalue weighted by molar-refractivity contribution is 0.310. The van der Waals surface area contributed by atoms with Gasteiger partial charge in [0.15, 0.2) is 0 Å². The number of ether oxygens (including phenoxy) is 2. The Hall–Kier alpha value is -1.52. The molecule has 2 rings (SSSR count). The van der Waals surface area contributed by atoms with Gasteiger partial charge >= 0.3 is 0 Å². The summed E-state index contributed by atoms with van der Waals surface area (Å²) in [5.41, 5.74) is 2.43. The van der Waals surface area contributed by atoms with Crippen molar-refractivity contribution in [2.75, 3.05) is 21.3 Å². The van der Waals surface area contributed by atoms with Gasteiger partial charge in [0.05, 0.1) is 18.7 Å². The first kappa shape index (κ1) is 15.9. The second-order valence-corrected chi connectivity index (χ2v) is 5.81. The minimum atomic E-state index is 0.841. The average molecular weight is 350 g/mol. The molecular formula is C17H20BrNO2. The summed E-state index contributed by atoms with van der Waals surface area (Å²) >= 11 is 3.52. The Morgan fingerprint density at radius 1 is 0.952 bits per heavy atom. The van der Waals surface area contributed by atoms with Crippen LogP contribution in [0.3, 0.4) is 0 Å². The molecule has 0 unspecified atom stereocenters. The lowest BCUT2D eigenvalue weighted by Crippen LogP contribution is -2.17. The van der Waals surface area contributed by atoms with Crippen molar-refractivity contribution in [3.8, 4) is 11.5 Å². The Kier molecular flexibility index (Phi) is 5.65. The molecule has 0 N–H and O–H groups in total. The fraction of sp³-hybridized carbons (Fsp3) is 0.294. The van der Waals surface area contributed by atoms with Crippen molar-refractivity contribution in [2.45, 2.75) is 13.1 Å². The first-order valence-corrected chi connectivity index (χ1v) is 7.56. The number of halogens is 1. The third kappa shape index (κ3) is 4.22. The van der Waals surface area contributed by atoms with E-state index in [2.05, 4.69) is 46.1 Å². The Balaban J connectivity index is 2.04. The third-order valence-electron chi connectivity index (χ3n) is 3.30. The van der Waals surface area contributed by atoms with E-state index in [1.54, 1.807) is 14.2 Å². The van der Waals surface area contributed by atoms with Crippen molar-refractivity contribution < 1.29 is 9.47 Å². The highest BCUT2D eigenvalue weighted by Crippen LogP contribution is 2.26. The highest BCUT2D eigenvalue weighted by molar-refractivity contribution is 9.10. The lowest BCUT2D eigenvalue weighted by Gasteiger charge is -2.19. The smallest absolute Gasteiger partial charge is 0.133 e. The van der Waals surface area contributed by atoms with Gasteiger partial charge in [-0.05, 0) is 46.7 Å². The van der Waals surface area contributed by atoms with Crippen LogP contribution in [0.1, 0.15) is 11.1 Å². The van der Waals surface area contributed by atoms with Gasteiger partial charge in [-0.2, -0.15) is 0 Å². The van der Waals surface area contributed by atoms with Crippen LogP contribution < -0.4 is 9.47 Å². The maximum atomic E-state index is 5.40. The van der Waals surface area contributed by atoms with Gasteiger partial charge in [0.2, 0.25) is 0 Å². The molecule has 0 saturated carbocycles. The van der Waals surface area contributed by atoms with Gasteiger partial charge in [0.1, 0.15) is 11.5 Å². The number of hydrogen-bond acceptors (Lipinski definition) is 3. The molecule has 0 spiro atoms. The van der Waals surface area contributed by atoms with Crippen molar-refractivity contribution in [3.05, 3.63) is 58.1 Å². The number of para-hydroxylation sites is 1. The van der Waals surface area contributed by atoms with Crippen LogP contribution in [-0.2, 0) is 13.1 Å². The van der Waals surface area contributed by atoms with E-state index in [1.807, 2.05) is 24.3 Å². The molecule has 112 valence electrons. The van der Waals surface area contributed by atoms with Crippen molar-refractivity contribution in [2.24, 2.45) is 0 Å². The monoisotopic (exact) mass is 349 g/mol. The van der Waals surface area contributed by atoms with E-state index in [0.717, 1.165) is 29.1 Å². The average Bonchev–Trinajstić information content (AvgIpc) is 2.48. The van der Waals surface area contributed by atoms with Gasteiger partial charge in [-0.15, -0.1) is 0 Å². The molecule has 0 radical (unpaired) electrons. The van der Waals surface area contributed by atoms with Crippen LogP contribution >= 0.6 is 15.9 Å². The van der Waals surface area contributed by atoms with Crippen molar-refractivity contribution in [1.29, 1.82) is 0 Å². The van der Waals surface area contributed by atoms with E-state index in [0.29, 0.717) is 0 Å². The predicted molar refractivity (Wildman–Crippen MR) is 88.9 cm³/mol. The van der Waals surface area contributed by atoms with Gasteiger partial charge in [-0.1, -0.05) is 24.3 Å². The highest BCUT2D eigenvalue weighted by Gasteiger charge is 2.08. The SMILES string of the molecule is COc1ccc(CN(C)Cc2ccccc2OC)cc1Br. The zero-order chi connectivity index (χ0) is 15.2. The minimum Gasteiger partial charge on any atom is -0.496 e. The molecule has 0 aliphatic heterocycles. The maximum Gasteiger partial charge on any atom is 0.133 e. The molecule has 0 fully saturated rings. The molecule has 0 heterocycles. The Bertz CT molecular complexity index is 601. The molecule has 2 aromatic rings. The predicted octanol–water partition coefficient (Wildman–Crippen LogP) is 4.10. The van der Waals surface area contributed by atoms with Gasteiger partial charge in [0.25, 0.3) is 0 Å². The van der Waals surface area contributed by atoms with Crippen LogP contribution in [0.25, 0.3) is 0 Å². The van der Waals surface area contributed by atoms with Crippen LogP contribution in [0.2, 0.25) is 0 Å². The molecular weight excluding hydrogens is 330 g/mol. The summed E-state index contributed by atoms with van der Waals surface area (Å²) in [5, 5.41) is 0. The standard InChI is InChI=1S/C17H20BrNO2/c1-19(12-14-6-4-5-7-16(14)20-2)11-13-8-9-17(21-3)15(18)10-13/h4-10H,11-12H2,1-3H3. The molecule has 0 atom stereocenters. The molecule has 0 aromatic heterocycles. The van der Waals surface area contributed by atoms with E-state index in [-0.39, 0.29) is 0 Å². The number of nitrogens with zero attached hydrogens (tertiary/aromatic N) is 1. The van der Waals surface area contributed by atoms with Crippen LogP contribution in [0, 0.1) is 0 Å². The first-order chi connectivity index (χ1) is 10.1. The van der Waals surface area contributed by atoms with E-state index >= 15 is 0 Å². The second-order valence-electron chi connectivity index (χ2n) is 4.95. The summed E-state index contributed by atoms with van der Waals surface area (Å²) in [6.07, 6.45) is 0. The summed E-state index contributed by atoms with van der Waals surface area (Å²) < 4.78 is 11.6. The number of rotatable bonds is 6. The number of methoxy groups -OCH3 is 2. The third-order valence-corrected chi connectivity index (χ3v) is 3.92. The molecule has 0 aliphatic rings. The zero-order valence-electron chi connectivity index (χ0n) is 12.6. The zero-order valence-corrected chi connectivity index (χ0v) is 14.2. The van der Waals surface area contributed by atoms with Gasteiger partial charge in [-0.25, -0.2) is 0 Å². The second kappa shape index (κ2) is 7.48. The molecule has 0 bridgehead atoms. The van der Waals surface area contributed by atoms with Crippen LogP contribution in [0.15, 0.2) is 46.9 Å². The number of benzene rings is 2. The van der Waals surface area contributed by atoms with Crippen LogP contribution in [-0.4, -0.2) is 26.2 Å². The molecule has 0 saturated heterocycles. The van der Waals surface area contributed by atoms with Gasteiger partial charge < -0.3 is 9.47 Å². The fourth-order valence-electron chi connectivity index (χ4n) is 2.30. The van der Waals surface area contributed by atoms with Gasteiger partial charge in [-0.3, -0.25) is 4.90 Å². The molecule has 2 aromatic carbocycles. The largest absolute Gasteiger partial charge is 0.496 e. The van der Waals surface area contributed by atoms with E-state index < -0.39 is 0 Å². The van der Waals surface area contributed by atoms with E-state index in [9.17, 15) is 0 Å². The lowest BCUT2D eigenvalue weighted by atomic mass is 10.1. The Labute approximate surface area is 134 Å². The maximum absolute atomic E-state index is 5.40. The molecule has 3 nitrogen and oxygen atoms in total. The topological polar surface area (TPSA) is 21.7 Å². The molecule has 4 heteroatoms. The Morgan fingerprint density at radius 3 is 2.33 bits per heavy atom.